The number of amides is 1. The van der Waals surface area contributed by atoms with E-state index in [1.54, 1.807) is 24.3 Å². The molecule has 116 valence electrons. The van der Waals surface area contributed by atoms with E-state index < -0.39 is 23.0 Å². The van der Waals surface area contributed by atoms with Crippen molar-refractivity contribution in [1.29, 1.82) is 0 Å². The fourth-order valence-corrected chi connectivity index (χ4v) is 2.32. The van der Waals surface area contributed by atoms with Gasteiger partial charge >= 0.3 is 5.97 Å². The SMILES string of the molecule is CCCC(C)(NC(=O)c1n[nH]c(=O)c2ccccc12)C(=O)O. The summed E-state index contributed by atoms with van der Waals surface area (Å²) in [5.41, 5.74) is -1.79. The number of aliphatic carboxylic acids is 1. The Labute approximate surface area is 126 Å². The van der Waals surface area contributed by atoms with Crippen LogP contribution >= 0.6 is 0 Å². The van der Waals surface area contributed by atoms with Crippen LogP contribution in [0.25, 0.3) is 10.8 Å². The van der Waals surface area contributed by atoms with Crippen molar-refractivity contribution in [3.05, 3.63) is 40.3 Å². The van der Waals surface area contributed by atoms with E-state index in [1.807, 2.05) is 6.92 Å². The summed E-state index contributed by atoms with van der Waals surface area (Å²) in [6.07, 6.45) is 0.887. The highest BCUT2D eigenvalue weighted by molar-refractivity contribution is 6.06. The topological polar surface area (TPSA) is 112 Å². The Balaban J connectivity index is 2.44. The van der Waals surface area contributed by atoms with Crippen LogP contribution in [-0.2, 0) is 4.79 Å². The second kappa shape index (κ2) is 5.97. The predicted octanol–water partition coefficient (Wildman–Crippen LogP) is 1.30. The Hall–Kier alpha value is -2.70. The van der Waals surface area contributed by atoms with Crippen LogP contribution in [-0.4, -0.2) is 32.7 Å². The maximum Gasteiger partial charge on any atom is 0.329 e. The Morgan fingerprint density at radius 1 is 1.32 bits per heavy atom. The van der Waals surface area contributed by atoms with Gasteiger partial charge in [-0.15, -0.1) is 0 Å². The van der Waals surface area contributed by atoms with Crippen LogP contribution < -0.4 is 10.9 Å². The second-order valence-corrected chi connectivity index (χ2v) is 5.29. The van der Waals surface area contributed by atoms with E-state index in [0.717, 1.165) is 0 Å². The number of hydrogen-bond donors (Lipinski definition) is 3. The second-order valence-electron chi connectivity index (χ2n) is 5.29. The van der Waals surface area contributed by atoms with Gasteiger partial charge in [0.1, 0.15) is 5.54 Å². The Kier molecular flexibility index (Phi) is 4.25. The largest absolute Gasteiger partial charge is 0.480 e. The number of nitrogens with zero attached hydrogens (tertiary/aromatic N) is 1. The minimum Gasteiger partial charge on any atom is -0.480 e. The Morgan fingerprint density at radius 2 is 1.95 bits per heavy atom. The molecule has 7 nitrogen and oxygen atoms in total. The molecule has 1 aromatic carbocycles. The summed E-state index contributed by atoms with van der Waals surface area (Å²) in [7, 11) is 0. The minimum atomic E-state index is -1.38. The summed E-state index contributed by atoms with van der Waals surface area (Å²) in [4.78, 5) is 35.5. The van der Waals surface area contributed by atoms with Gasteiger partial charge in [-0.1, -0.05) is 31.5 Å². The molecule has 1 aromatic heterocycles. The zero-order valence-corrected chi connectivity index (χ0v) is 12.3. The minimum absolute atomic E-state index is 0.00113. The number of nitrogens with one attached hydrogen (secondary N) is 2. The number of hydrogen-bond acceptors (Lipinski definition) is 4. The third-order valence-corrected chi connectivity index (χ3v) is 3.52. The first-order valence-electron chi connectivity index (χ1n) is 6.92. The summed E-state index contributed by atoms with van der Waals surface area (Å²) in [5.74, 6) is -1.75. The van der Waals surface area contributed by atoms with Crippen LogP contribution in [0.1, 0.15) is 37.2 Å². The summed E-state index contributed by atoms with van der Waals surface area (Å²) in [6.45, 7) is 3.28. The molecule has 0 radical (unpaired) electrons. The van der Waals surface area contributed by atoms with Gasteiger partial charge in [-0.3, -0.25) is 9.59 Å². The standard InChI is InChI=1S/C15H17N3O4/c1-3-8-15(2,14(21)22)16-13(20)11-9-6-4-5-7-10(9)12(19)18-17-11/h4-7H,3,8H2,1-2H3,(H,16,20)(H,18,19)(H,21,22). The van der Waals surface area contributed by atoms with E-state index in [-0.39, 0.29) is 12.1 Å². The van der Waals surface area contributed by atoms with Gasteiger partial charge in [0.2, 0.25) is 0 Å². The Bertz CT molecular complexity index is 784. The molecule has 2 rings (SSSR count). The lowest BCUT2D eigenvalue weighted by atomic mass is 9.96. The third kappa shape index (κ3) is 2.83. The van der Waals surface area contributed by atoms with Gasteiger partial charge < -0.3 is 10.4 Å². The molecule has 0 aliphatic rings. The number of benzene rings is 1. The maximum atomic E-state index is 12.4. The highest BCUT2D eigenvalue weighted by Crippen LogP contribution is 2.16. The highest BCUT2D eigenvalue weighted by atomic mass is 16.4. The van der Waals surface area contributed by atoms with E-state index in [9.17, 15) is 19.5 Å². The third-order valence-electron chi connectivity index (χ3n) is 3.52. The first-order chi connectivity index (χ1) is 10.4. The molecule has 0 fully saturated rings. The van der Waals surface area contributed by atoms with Gasteiger partial charge in [0.25, 0.3) is 11.5 Å². The number of carbonyl (C=O) groups excluding carboxylic acids is 1. The average Bonchev–Trinajstić information content (AvgIpc) is 2.47. The molecule has 0 aliphatic heterocycles. The van der Waals surface area contributed by atoms with E-state index in [1.165, 1.54) is 6.92 Å². The van der Waals surface area contributed by atoms with Crippen LogP contribution in [0.2, 0.25) is 0 Å². The molecule has 2 aromatic rings. The molecule has 0 saturated heterocycles. The first-order valence-corrected chi connectivity index (χ1v) is 6.92. The molecule has 0 saturated carbocycles. The van der Waals surface area contributed by atoms with Crippen molar-refractivity contribution in [3.63, 3.8) is 0 Å². The van der Waals surface area contributed by atoms with E-state index in [0.29, 0.717) is 17.2 Å². The molecule has 1 atom stereocenters. The summed E-state index contributed by atoms with van der Waals surface area (Å²) >= 11 is 0. The fourth-order valence-electron chi connectivity index (χ4n) is 2.32. The van der Waals surface area contributed by atoms with Crippen LogP contribution in [0, 0.1) is 0 Å². The monoisotopic (exact) mass is 303 g/mol. The van der Waals surface area contributed by atoms with E-state index >= 15 is 0 Å². The lowest BCUT2D eigenvalue weighted by Crippen LogP contribution is -2.52. The van der Waals surface area contributed by atoms with E-state index in [2.05, 4.69) is 15.5 Å². The number of aromatic amines is 1. The quantitative estimate of drug-likeness (QED) is 0.770. The normalized spacial score (nSPS) is 13.5. The summed E-state index contributed by atoms with van der Waals surface area (Å²) in [5, 5.41) is 18.6. The van der Waals surface area contributed by atoms with E-state index in [4.69, 9.17) is 0 Å². The van der Waals surface area contributed by atoms with Gasteiger partial charge in [-0.05, 0) is 19.4 Å². The van der Waals surface area contributed by atoms with Gasteiger partial charge in [-0.25, -0.2) is 9.89 Å². The first kappa shape index (κ1) is 15.7. The van der Waals surface area contributed by atoms with Crippen molar-refractivity contribution in [3.8, 4) is 0 Å². The molecular formula is C15H17N3O4. The van der Waals surface area contributed by atoms with Gasteiger partial charge in [0.05, 0.1) is 5.39 Å². The fraction of sp³-hybridized carbons (Fsp3) is 0.333. The molecule has 1 heterocycles. The zero-order chi connectivity index (χ0) is 16.3. The molecular weight excluding hydrogens is 286 g/mol. The van der Waals surface area contributed by atoms with Crippen molar-refractivity contribution in [2.75, 3.05) is 0 Å². The molecule has 0 bridgehead atoms. The van der Waals surface area contributed by atoms with Crippen LogP contribution in [0.5, 0.6) is 0 Å². The molecule has 7 heteroatoms. The van der Waals surface area contributed by atoms with Crippen molar-refractivity contribution >= 4 is 22.6 Å². The average molecular weight is 303 g/mol. The highest BCUT2D eigenvalue weighted by Gasteiger charge is 2.34. The smallest absolute Gasteiger partial charge is 0.329 e. The number of carboxylic acids is 1. The number of carboxylic acid groups (broad SMARTS) is 1. The van der Waals surface area contributed by atoms with Crippen LogP contribution in [0.4, 0.5) is 0 Å². The molecule has 3 N–H and O–H groups in total. The maximum absolute atomic E-state index is 12.4. The summed E-state index contributed by atoms with van der Waals surface area (Å²) in [6, 6.07) is 6.54. The van der Waals surface area contributed by atoms with Gasteiger partial charge in [0.15, 0.2) is 5.69 Å². The number of fused-ring (bicyclic) bond motifs is 1. The summed E-state index contributed by atoms with van der Waals surface area (Å²) < 4.78 is 0. The molecule has 1 unspecified atom stereocenters. The van der Waals surface area contributed by atoms with Gasteiger partial charge in [0, 0.05) is 5.39 Å². The molecule has 0 spiro atoms. The van der Waals surface area contributed by atoms with Crippen molar-refractivity contribution in [2.45, 2.75) is 32.2 Å². The lowest BCUT2D eigenvalue weighted by molar-refractivity contribution is -0.144. The molecule has 22 heavy (non-hydrogen) atoms. The number of H-pyrrole nitrogens is 1. The van der Waals surface area contributed by atoms with Crippen molar-refractivity contribution in [2.24, 2.45) is 0 Å². The number of rotatable bonds is 5. The van der Waals surface area contributed by atoms with Crippen molar-refractivity contribution in [1.82, 2.24) is 15.5 Å². The van der Waals surface area contributed by atoms with Crippen LogP contribution in [0.15, 0.2) is 29.1 Å². The predicted molar refractivity (Wildman–Crippen MR) is 80.8 cm³/mol. The van der Waals surface area contributed by atoms with Crippen LogP contribution in [0.3, 0.4) is 0 Å². The van der Waals surface area contributed by atoms with Gasteiger partial charge in [-0.2, -0.15) is 5.10 Å². The van der Waals surface area contributed by atoms with Crippen molar-refractivity contribution < 1.29 is 14.7 Å². The molecule has 1 amide bonds. The number of aromatic nitrogens is 2. The molecule has 0 aliphatic carbocycles. The lowest BCUT2D eigenvalue weighted by Gasteiger charge is -2.25. The Morgan fingerprint density at radius 3 is 2.55 bits per heavy atom. The zero-order valence-electron chi connectivity index (χ0n) is 12.3. The number of carbonyl (C=O) groups is 2.